The van der Waals surface area contributed by atoms with E-state index in [1.54, 1.807) is 48.5 Å². The number of hydrazine groups is 1. The number of benzene rings is 3. The van der Waals surface area contributed by atoms with Crippen LogP contribution in [0.4, 0.5) is 56.1 Å². The Morgan fingerprint density at radius 3 is 1.49 bits per heavy atom. The second-order valence-corrected chi connectivity index (χ2v) is 20.5. The number of aromatic nitrogens is 8. The van der Waals surface area contributed by atoms with Crippen molar-refractivity contribution < 1.29 is 23.9 Å². The van der Waals surface area contributed by atoms with Gasteiger partial charge in [-0.15, -0.1) is 0 Å². The molecule has 81 heavy (non-hydrogen) atoms. The van der Waals surface area contributed by atoms with Gasteiger partial charge in [0, 0.05) is 114 Å². The summed E-state index contributed by atoms with van der Waals surface area (Å²) in [5.41, 5.74) is 3.17. The van der Waals surface area contributed by atoms with Crippen LogP contribution < -0.4 is 45.6 Å². The first kappa shape index (κ1) is 54.7. The molecule has 5 aliphatic rings. The van der Waals surface area contributed by atoms with E-state index in [0.717, 1.165) is 84.8 Å². The fourth-order valence-corrected chi connectivity index (χ4v) is 10.4. The van der Waals surface area contributed by atoms with Gasteiger partial charge in [0.05, 0.1) is 55.9 Å². The van der Waals surface area contributed by atoms with Crippen LogP contribution >= 0.6 is 0 Å². The molecule has 0 unspecified atom stereocenters. The largest absolute Gasteiger partial charge is 0.378 e. The maximum absolute atomic E-state index is 15.3. The van der Waals surface area contributed by atoms with E-state index in [0.29, 0.717) is 141 Å². The summed E-state index contributed by atoms with van der Waals surface area (Å²) in [6.07, 6.45) is 6.25. The highest BCUT2D eigenvalue weighted by Crippen LogP contribution is 2.32. The number of carbonyl (C=O) groups is 3. The minimum absolute atomic E-state index is 0.0929. The monoisotopic (exact) mass is 1100 g/mol. The Kier molecular flexibility index (Phi) is 17.5. The number of morpholine rings is 2. The SMILES string of the molecule is CCN1CCCN(c2nc(-c3ccc(N(C(=O)Nc4ccc(C(=O)N5CCNCC5)cc4)N(C(=O)Nc4cncnc4)c4ccc(-c5nc(N6CCOCC6)nc(N6CCCN(C)CC6)n5)cc4)cc3)nc(N3CCOCC3)n2)CC1. The Morgan fingerprint density at radius 2 is 0.988 bits per heavy atom. The van der Waals surface area contributed by atoms with E-state index in [1.807, 2.05) is 29.2 Å². The number of amides is 5. The number of nitrogens with zero attached hydrogens (tertiary/aromatic N) is 17. The number of carbonyl (C=O) groups excluding carboxylic acids is 3. The summed E-state index contributed by atoms with van der Waals surface area (Å²) >= 11 is 0. The second-order valence-electron chi connectivity index (χ2n) is 20.5. The lowest BCUT2D eigenvalue weighted by Gasteiger charge is -2.35. The van der Waals surface area contributed by atoms with Crippen molar-refractivity contribution in [1.29, 1.82) is 0 Å². The van der Waals surface area contributed by atoms with Gasteiger partial charge in [0.25, 0.3) is 5.91 Å². The molecule has 0 radical (unpaired) electrons. The summed E-state index contributed by atoms with van der Waals surface area (Å²) in [4.78, 5) is 97.6. The van der Waals surface area contributed by atoms with Crippen molar-refractivity contribution in [2.75, 3.05) is 185 Å². The van der Waals surface area contributed by atoms with Crippen LogP contribution in [0.3, 0.4) is 0 Å². The Bertz CT molecular complexity index is 3070. The van der Waals surface area contributed by atoms with E-state index < -0.39 is 12.1 Å². The standard InChI is InChI=1S/C56H70N20O5/c1-3-69-21-5-23-72(29-27-69)52-63-49(65-54(67-52)74-32-36-81-37-33-74)42-8-14-46(15-9-42)75(55(78)60-44-12-6-43(7-13-44)50(77)70-24-18-57-19-25-70)76(56(79)61-45-38-58-40-59-39-45)47-16-10-41(11-17-47)48-62-51(71-22-4-20-68(2)26-28-71)66-53(64-48)73-30-34-80-35-31-73/h6-17,38-40,57H,3-5,18-37H2,1-2H3,(H,60,78)(H,61,79). The highest BCUT2D eigenvalue weighted by molar-refractivity contribution is 6.13. The predicted molar refractivity (Wildman–Crippen MR) is 310 cm³/mol. The van der Waals surface area contributed by atoms with Gasteiger partial charge in [-0.1, -0.05) is 6.92 Å². The minimum Gasteiger partial charge on any atom is -0.378 e. The van der Waals surface area contributed by atoms with Gasteiger partial charge in [-0.05, 0) is 112 Å². The van der Waals surface area contributed by atoms with E-state index in [1.165, 1.54) is 28.7 Å². The van der Waals surface area contributed by atoms with E-state index in [4.69, 9.17) is 39.4 Å². The molecule has 8 heterocycles. The second kappa shape index (κ2) is 25.9. The maximum atomic E-state index is 15.3. The number of rotatable bonds is 12. The molecule has 424 valence electrons. The number of piperazine rings is 1. The van der Waals surface area contributed by atoms with Gasteiger partial charge in [0.1, 0.15) is 6.33 Å². The Morgan fingerprint density at radius 1 is 0.519 bits per heavy atom. The molecule has 3 N–H and O–H groups in total. The third kappa shape index (κ3) is 13.4. The van der Waals surface area contributed by atoms with Crippen LogP contribution in [-0.4, -0.2) is 217 Å². The third-order valence-electron chi connectivity index (χ3n) is 15.1. The number of likely N-dealkylation sites (N-methyl/N-ethyl adjacent to an activating group) is 2. The summed E-state index contributed by atoms with van der Waals surface area (Å²) in [5, 5.41) is 11.7. The molecule has 3 aromatic heterocycles. The van der Waals surface area contributed by atoms with Gasteiger partial charge in [0.2, 0.25) is 23.8 Å². The first-order valence-electron chi connectivity index (χ1n) is 28.1. The van der Waals surface area contributed by atoms with Crippen molar-refractivity contribution in [3.63, 3.8) is 0 Å². The molecular weight excluding hydrogens is 1030 g/mol. The summed E-state index contributed by atoms with van der Waals surface area (Å²) < 4.78 is 11.4. The van der Waals surface area contributed by atoms with Crippen LogP contribution in [0.25, 0.3) is 22.8 Å². The topological polar surface area (TPSA) is 238 Å². The fraction of sp³-hybridized carbons (Fsp3) is 0.446. The number of nitrogens with one attached hydrogen (secondary N) is 3. The molecular formula is C56H70N20O5. The molecule has 25 nitrogen and oxygen atoms in total. The lowest BCUT2D eigenvalue weighted by molar-refractivity contribution is 0.0735. The zero-order valence-corrected chi connectivity index (χ0v) is 46.1. The van der Waals surface area contributed by atoms with Gasteiger partial charge in [-0.2, -0.15) is 39.9 Å². The number of hydrogen-bond donors (Lipinski definition) is 3. The van der Waals surface area contributed by atoms with E-state index in [-0.39, 0.29) is 5.91 Å². The quantitative estimate of drug-likeness (QED) is 0.145. The van der Waals surface area contributed by atoms with Gasteiger partial charge >= 0.3 is 12.1 Å². The number of ether oxygens (including phenoxy) is 2. The molecule has 5 amide bonds. The predicted octanol–water partition coefficient (Wildman–Crippen LogP) is 4.27. The molecule has 5 aliphatic heterocycles. The summed E-state index contributed by atoms with van der Waals surface area (Å²) in [5.74, 6) is 3.16. The number of hydrogen-bond acceptors (Lipinski definition) is 20. The highest BCUT2D eigenvalue weighted by Gasteiger charge is 2.32. The molecule has 25 heteroatoms. The van der Waals surface area contributed by atoms with Gasteiger partial charge in [-0.3, -0.25) is 4.79 Å². The smallest absolute Gasteiger partial charge is 0.346 e. The van der Waals surface area contributed by atoms with Crippen LogP contribution in [0, 0.1) is 0 Å². The average Bonchev–Trinajstić information content (AvgIpc) is 4.04. The average molecular weight is 1100 g/mol. The molecule has 5 saturated heterocycles. The summed E-state index contributed by atoms with van der Waals surface area (Å²) in [6.45, 7) is 17.5. The Labute approximate surface area is 471 Å². The van der Waals surface area contributed by atoms with Gasteiger partial charge < -0.3 is 59.7 Å². The van der Waals surface area contributed by atoms with E-state index in [9.17, 15) is 4.79 Å². The van der Waals surface area contributed by atoms with Crippen molar-refractivity contribution in [3.8, 4) is 22.8 Å². The van der Waals surface area contributed by atoms with Crippen LogP contribution in [0.5, 0.6) is 0 Å². The van der Waals surface area contributed by atoms with Crippen LogP contribution in [0.2, 0.25) is 0 Å². The van der Waals surface area contributed by atoms with Crippen LogP contribution in [0.1, 0.15) is 30.1 Å². The first-order chi connectivity index (χ1) is 39.7. The molecule has 0 bridgehead atoms. The summed E-state index contributed by atoms with van der Waals surface area (Å²) in [7, 11) is 2.13. The van der Waals surface area contributed by atoms with Gasteiger partial charge in [-0.25, -0.2) is 19.6 Å². The third-order valence-corrected chi connectivity index (χ3v) is 15.1. The molecule has 6 aromatic rings. The van der Waals surface area contributed by atoms with Gasteiger partial charge in [0.15, 0.2) is 11.6 Å². The zero-order chi connectivity index (χ0) is 55.5. The number of urea groups is 2. The minimum atomic E-state index is -0.701. The fourth-order valence-electron chi connectivity index (χ4n) is 10.4. The molecule has 0 atom stereocenters. The molecule has 11 rings (SSSR count). The zero-order valence-electron chi connectivity index (χ0n) is 46.1. The van der Waals surface area contributed by atoms with E-state index >= 15 is 9.59 Å². The first-order valence-corrected chi connectivity index (χ1v) is 28.1. The normalized spacial score (nSPS) is 17.7. The van der Waals surface area contributed by atoms with Crippen molar-refractivity contribution in [2.24, 2.45) is 0 Å². The van der Waals surface area contributed by atoms with E-state index in [2.05, 4.69) is 69.3 Å². The van der Waals surface area contributed by atoms with Crippen LogP contribution in [0.15, 0.2) is 91.5 Å². The van der Waals surface area contributed by atoms with Crippen molar-refractivity contribution >= 4 is 64.5 Å². The number of anilines is 8. The molecule has 0 spiro atoms. The van der Waals surface area contributed by atoms with Crippen molar-refractivity contribution in [1.82, 2.24) is 59.9 Å². The van der Waals surface area contributed by atoms with Crippen molar-refractivity contribution in [2.45, 2.75) is 19.8 Å². The maximum Gasteiger partial charge on any atom is 0.346 e. The Balaban J connectivity index is 0.972. The molecule has 3 aromatic carbocycles. The molecule has 5 fully saturated rings. The highest BCUT2D eigenvalue weighted by atomic mass is 16.5. The molecule has 0 saturated carbocycles. The summed E-state index contributed by atoms with van der Waals surface area (Å²) in [6, 6.07) is 19.7. The Hall–Kier alpha value is -8.23. The lowest BCUT2D eigenvalue weighted by atomic mass is 10.1. The molecule has 0 aliphatic carbocycles. The van der Waals surface area contributed by atoms with Crippen LogP contribution in [-0.2, 0) is 9.47 Å². The van der Waals surface area contributed by atoms with Crippen molar-refractivity contribution in [3.05, 3.63) is 97.1 Å². The lowest BCUT2D eigenvalue weighted by Crippen LogP contribution is -2.54.